The molecule has 6 nitrogen and oxygen atoms in total. The van der Waals surface area contributed by atoms with Crippen LogP contribution in [-0.4, -0.2) is 48.9 Å². The number of halogens is 6. The molecular formula is C20H16F6N4O2S. The lowest BCUT2D eigenvalue weighted by Gasteiger charge is -2.34. The molecule has 1 aromatic carbocycles. The van der Waals surface area contributed by atoms with E-state index in [0.717, 1.165) is 6.07 Å². The van der Waals surface area contributed by atoms with E-state index in [2.05, 4.69) is 9.97 Å². The van der Waals surface area contributed by atoms with Crippen LogP contribution in [0.3, 0.4) is 0 Å². The lowest BCUT2D eigenvalue weighted by atomic mass is 10.1. The molecule has 0 unspecified atom stereocenters. The van der Waals surface area contributed by atoms with Gasteiger partial charge in [-0.25, -0.2) is 18.4 Å². The molecule has 0 N–H and O–H groups in total. The lowest BCUT2D eigenvalue weighted by molar-refractivity contribution is -0.144. The van der Waals surface area contributed by atoms with Crippen LogP contribution in [0.1, 0.15) is 11.3 Å². The topological polar surface area (TPSA) is 66.4 Å². The zero-order valence-electron chi connectivity index (χ0n) is 16.7. The maximum Gasteiger partial charge on any atom is 0.433 e. The number of anilines is 1. The molecule has 0 radical (unpaired) electrons. The highest BCUT2D eigenvalue weighted by Crippen LogP contribution is 2.38. The van der Waals surface area contributed by atoms with Gasteiger partial charge in [-0.3, -0.25) is 0 Å². The van der Waals surface area contributed by atoms with Crippen molar-refractivity contribution in [1.82, 2.24) is 14.3 Å². The number of benzene rings is 1. The number of alkyl halides is 6. The molecule has 33 heavy (non-hydrogen) atoms. The number of sulfonamides is 1. The Morgan fingerprint density at radius 3 is 2.00 bits per heavy atom. The van der Waals surface area contributed by atoms with E-state index in [1.54, 1.807) is 23.1 Å². The van der Waals surface area contributed by atoms with E-state index in [9.17, 15) is 34.8 Å². The fraction of sp³-hybridized carbons (Fsp3) is 0.300. The van der Waals surface area contributed by atoms with Crippen molar-refractivity contribution in [2.24, 2.45) is 0 Å². The molecule has 4 rings (SSSR count). The summed E-state index contributed by atoms with van der Waals surface area (Å²) in [6.45, 7) is 0.437. The first-order valence-electron chi connectivity index (χ1n) is 9.64. The molecule has 0 saturated carbocycles. The quantitative estimate of drug-likeness (QED) is 0.516. The molecule has 2 aromatic heterocycles. The van der Waals surface area contributed by atoms with Crippen molar-refractivity contribution in [2.75, 3.05) is 31.1 Å². The van der Waals surface area contributed by atoms with Gasteiger partial charge in [0.2, 0.25) is 10.0 Å². The Labute approximate surface area is 184 Å². The third kappa shape index (κ3) is 4.60. The lowest BCUT2D eigenvalue weighted by Crippen LogP contribution is -2.48. The fourth-order valence-electron chi connectivity index (χ4n) is 3.55. The first-order valence-corrected chi connectivity index (χ1v) is 11.1. The summed E-state index contributed by atoms with van der Waals surface area (Å²) in [5, 5.41) is -0.551. The van der Waals surface area contributed by atoms with Gasteiger partial charge in [0.1, 0.15) is 11.5 Å². The van der Waals surface area contributed by atoms with Crippen LogP contribution in [0.5, 0.6) is 0 Å². The molecular weight excluding hydrogens is 474 g/mol. The Morgan fingerprint density at radius 1 is 0.788 bits per heavy atom. The van der Waals surface area contributed by atoms with Gasteiger partial charge in [-0.2, -0.15) is 30.6 Å². The third-order valence-corrected chi connectivity index (χ3v) is 7.11. The van der Waals surface area contributed by atoms with Crippen LogP contribution in [0.4, 0.5) is 32.2 Å². The molecule has 0 spiro atoms. The summed E-state index contributed by atoms with van der Waals surface area (Å²) in [7, 11) is -3.72. The van der Waals surface area contributed by atoms with Crippen molar-refractivity contribution < 1.29 is 34.8 Å². The predicted molar refractivity (Wildman–Crippen MR) is 107 cm³/mol. The average molecular weight is 490 g/mol. The largest absolute Gasteiger partial charge is 0.433 e. The van der Waals surface area contributed by atoms with E-state index < -0.39 is 44.7 Å². The number of pyridine rings is 2. The zero-order valence-corrected chi connectivity index (χ0v) is 17.5. The summed E-state index contributed by atoms with van der Waals surface area (Å²) >= 11 is 0. The smallest absolute Gasteiger partial charge is 0.354 e. The molecule has 0 bridgehead atoms. The summed E-state index contributed by atoms with van der Waals surface area (Å²) in [4.78, 5) is 8.96. The first-order chi connectivity index (χ1) is 15.4. The molecule has 0 amide bonds. The van der Waals surface area contributed by atoms with E-state index in [0.29, 0.717) is 0 Å². The molecule has 1 fully saturated rings. The summed E-state index contributed by atoms with van der Waals surface area (Å²) in [6.07, 6.45) is -10.1. The van der Waals surface area contributed by atoms with Crippen molar-refractivity contribution >= 4 is 26.9 Å². The van der Waals surface area contributed by atoms with E-state index in [-0.39, 0.29) is 43.0 Å². The maximum absolute atomic E-state index is 13.3. The molecule has 0 atom stereocenters. The first kappa shape index (κ1) is 23.2. The third-order valence-electron chi connectivity index (χ3n) is 5.20. The van der Waals surface area contributed by atoms with Crippen LogP contribution in [0, 0.1) is 0 Å². The van der Waals surface area contributed by atoms with Crippen molar-refractivity contribution in [3.8, 4) is 0 Å². The number of fused-ring (bicyclic) bond motifs is 1. The van der Waals surface area contributed by atoms with Crippen LogP contribution in [-0.2, 0) is 22.4 Å². The van der Waals surface area contributed by atoms with Gasteiger partial charge in [-0.15, -0.1) is 0 Å². The zero-order chi connectivity index (χ0) is 24.0. The predicted octanol–water partition coefficient (Wildman–Crippen LogP) is 4.18. The summed E-state index contributed by atoms with van der Waals surface area (Å²) in [5.74, 6) is 0.110. The maximum atomic E-state index is 13.3. The van der Waals surface area contributed by atoms with Crippen LogP contribution in [0.15, 0.2) is 53.4 Å². The van der Waals surface area contributed by atoms with Gasteiger partial charge >= 0.3 is 12.4 Å². The minimum absolute atomic E-state index is 0.0309. The number of aromatic nitrogens is 2. The van der Waals surface area contributed by atoms with Crippen molar-refractivity contribution in [3.05, 3.63) is 59.8 Å². The molecule has 1 saturated heterocycles. The summed E-state index contributed by atoms with van der Waals surface area (Å²) < 4.78 is 106. The molecule has 0 aliphatic carbocycles. The second-order valence-corrected chi connectivity index (χ2v) is 9.23. The van der Waals surface area contributed by atoms with Gasteiger partial charge in [0.15, 0.2) is 5.65 Å². The molecule has 1 aliphatic rings. The normalized spacial score (nSPS) is 16.4. The molecule has 176 valence electrons. The number of hydrogen-bond acceptors (Lipinski definition) is 5. The van der Waals surface area contributed by atoms with Gasteiger partial charge < -0.3 is 4.90 Å². The second-order valence-electron chi connectivity index (χ2n) is 7.30. The van der Waals surface area contributed by atoms with Gasteiger partial charge in [0.25, 0.3) is 0 Å². The van der Waals surface area contributed by atoms with Crippen LogP contribution in [0.2, 0.25) is 0 Å². The van der Waals surface area contributed by atoms with Crippen LogP contribution < -0.4 is 4.90 Å². The van der Waals surface area contributed by atoms with E-state index in [1.807, 2.05) is 0 Å². The summed E-state index contributed by atoms with van der Waals surface area (Å²) in [6, 6.07) is 10.1. The number of rotatable bonds is 3. The Hall–Kier alpha value is -2.93. The molecule has 3 heterocycles. The Kier molecular flexibility index (Phi) is 5.73. The van der Waals surface area contributed by atoms with Gasteiger partial charge in [0.05, 0.1) is 10.5 Å². The Balaban J connectivity index is 1.62. The van der Waals surface area contributed by atoms with Gasteiger partial charge in [0, 0.05) is 31.6 Å². The second kappa shape index (κ2) is 8.13. The van der Waals surface area contributed by atoms with Crippen LogP contribution >= 0.6 is 0 Å². The number of piperazine rings is 1. The van der Waals surface area contributed by atoms with Crippen LogP contribution in [0.25, 0.3) is 11.0 Å². The molecule has 13 heteroatoms. The summed E-state index contributed by atoms with van der Waals surface area (Å²) in [5.41, 5.74) is -3.85. The SMILES string of the molecule is O=S(=O)(c1ccccc1)N1CCN(c2ccc3c(C(F)(F)F)cc(C(F)(F)F)nc3n2)CC1. The molecule has 3 aromatic rings. The monoisotopic (exact) mass is 490 g/mol. The number of hydrogen-bond donors (Lipinski definition) is 0. The minimum atomic E-state index is -5.08. The van der Waals surface area contributed by atoms with Crippen molar-refractivity contribution in [1.29, 1.82) is 0 Å². The highest BCUT2D eigenvalue weighted by molar-refractivity contribution is 7.89. The van der Waals surface area contributed by atoms with E-state index >= 15 is 0 Å². The Bertz CT molecular complexity index is 1270. The Morgan fingerprint density at radius 2 is 1.42 bits per heavy atom. The molecule has 1 aliphatic heterocycles. The van der Waals surface area contributed by atoms with Crippen molar-refractivity contribution in [3.63, 3.8) is 0 Å². The minimum Gasteiger partial charge on any atom is -0.354 e. The highest BCUT2D eigenvalue weighted by Gasteiger charge is 2.39. The standard InChI is InChI=1S/C20H16F6N4O2S/c21-19(22,23)15-12-16(20(24,25)26)27-18-14(15)6-7-17(28-18)29-8-10-30(11-9-29)33(31,32)13-4-2-1-3-5-13/h1-7,12H,8-11H2. The fourth-order valence-corrected chi connectivity index (χ4v) is 4.99. The van der Waals surface area contributed by atoms with E-state index in [1.165, 1.54) is 22.5 Å². The van der Waals surface area contributed by atoms with Gasteiger partial charge in [-0.05, 0) is 30.3 Å². The average Bonchev–Trinajstić information content (AvgIpc) is 2.77. The van der Waals surface area contributed by atoms with Crippen molar-refractivity contribution in [2.45, 2.75) is 17.2 Å². The van der Waals surface area contributed by atoms with E-state index in [4.69, 9.17) is 0 Å². The number of nitrogens with zero attached hydrogens (tertiary/aromatic N) is 4. The van der Waals surface area contributed by atoms with Gasteiger partial charge in [-0.1, -0.05) is 18.2 Å². The highest BCUT2D eigenvalue weighted by atomic mass is 32.2.